The van der Waals surface area contributed by atoms with Crippen molar-refractivity contribution in [1.82, 2.24) is 5.32 Å². The van der Waals surface area contributed by atoms with E-state index in [0.29, 0.717) is 17.0 Å². The van der Waals surface area contributed by atoms with Crippen molar-refractivity contribution in [2.24, 2.45) is 5.92 Å². The van der Waals surface area contributed by atoms with Crippen LogP contribution in [0.3, 0.4) is 0 Å². The van der Waals surface area contributed by atoms with Crippen LogP contribution >= 0.6 is 0 Å². The molecular weight excluding hydrogens is 266 g/mol. The number of carboxylic acids is 1. The Hall–Kier alpha value is -2.10. The SMILES string of the molecule is Cc1ccc(/C=C/C(=O)O)cc1C(=O)NC(C)C1CCC1. The molecule has 21 heavy (non-hydrogen) atoms. The zero-order valence-electron chi connectivity index (χ0n) is 12.4. The molecule has 0 spiro atoms. The zero-order chi connectivity index (χ0) is 15.4. The van der Waals surface area contributed by atoms with Gasteiger partial charge in [-0.2, -0.15) is 0 Å². The lowest BCUT2D eigenvalue weighted by Gasteiger charge is -2.32. The Labute approximate surface area is 124 Å². The number of benzene rings is 1. The summed E-state index contributed by atoms with van der Waals surface area (Å²) in [5.74, 6) is -0.498. The number of carboxylic acid groups (broad SMARTS) is 1. The van der Waals surface area contributed by atoms with Gasteiger partial charge in [0.15, 0.2) is 0 Å². The minimum absolute atomic E-state index is 0.0857. The van der Waals surface area contributed by atoms with Gasteiger partial charge in [-0.05, 0) is 55.9 Å². The molecule has 4 heteroatoms. The molecule has 2 rings (SSSR count). The number of aliphatic carboxylic acids is 1. The fourth-order valence-electron chi connectivity index (χ4n) is 2.50. The molecular formula is C17H21NO3. The monoisotopic (exact) mass is 287 g/mol. The normalized spacial score (nSPS) is 16.5. The number of carbonyl (C=O) groups excluding carboxylic acids is 1. The molecule has 0 aromatic heterocycles. The Morgan fingerprint density at radius 3 is 2.67 bits per heavy atom. The molecule has 0 heterocycles. The third-order valence-electron chi connectivity index (χ3n) is 4.14. The number of aryl methyl sites for hydroxylation is 1. The second kappa shape index (κ2) is 6.57. The predicted molar refractivity (Wildman–Crippen MR) is 82.1 cm³/mol. The predicted octanol–water partition coefficient (Wildman–Crippen LogP) is 3.01. The summed E-state index contributed by atoms with van der Waals surface area (Å²) in [5, 5.41) is 11.7. The van der Waals surface area contributed by atoms with Gasteiger partial charge < -0.3 is 10.4 Å². The molecule has 0 saturated heterocycles. The van der Waals surface area contributed by atoms with Crippen LogP contribution in [0.1, 0.15) is 47.7 Å². The van der Waals surface area contributed by atoms with Gasteiger partial charge >= 0.3 is 5.97 Å². The zero-order valence-corrected chi connectivity index (χ0v) is 12.4. The van der Waals surface area contributed by atoms with Crippen LogP contribution in [0, 0.1) is 12.8 Å². The molecule has 1 unspecified atom stereocenters. The summed E-state index contributed by atoms with van der Waals surface area (Å²) in [7, 11) is 0. The van der Waals surface area contributed by atoms with Gasteiger partial charge in [0.25, 0.3) is 5.91 Å². The average Bonchev–Trinajstić information content (AvgIpc) is 2.35. The highest BCUT2D eigenvalue weighted by molar-refractivity contribution is 5.96. The fourth-order valence-corrected chi connectivity index (χ4v) is 2.50. The maximum absolute atomic E-state index is 12.4. The summed E-state index contributed by atoms with van der Waals surface area (Å²) in [6.45, 7) is 3.93. The Balaban J connectivity index is 2.11. The Kier molecular flexibility index (Phi) is 4.78. The van der Waals surface area contributed by atoms with Gasteiger partial charge in [0.05, 0.1) is 0 Å². The van der Waals surface area contributed by atoms with Gasteiger partial charge in [-0.25, -0.2) is 4.79 Å². The second-order valence-corrected chi connectivity index (χ2v) is 5.70. The van der Waals surface area contributed by atoms with Gasteiger partial charge in [0, 0.05) is 17.7 Å². The summed E-state index contributed by atoms with van der Waals surface area (Å²) in [6, 6.07) is 5.56. The first-order valence-corrected chi connectivity index (χ1v) is 7.30. The van der Waals surface area contributed by atoms with Crippen LogP contribution in [-0.2, 0) is 4.79 Å². The molecule has 1 saturated carbocycles. The maximum atomic E-state index is 12.4. The van der Waals surface area contributed by atoms with Crippen molar-refractivity contribution in [3.8, 4) is 0 Å². The molecule has 1 aromatic carbocycles. The van der Waals surface area contributed by atoms with Crippen molar-refractivity contribution in [3.63, 3.8) is 0 Å². The molecule has 4 nitrogen and oxygen atoms in total. The van der Waals surface area contributed by atoms with E-state index in [1.807, 2.05) is 19.9 Å². The van der Waals surface area contributed by atoms with Crippen LogP contribution in [0.2, 0.25) is 0 Å². The van der Waals surface area contributed by atoms with Crippen LogP contribution in [-0.4, -0.2) is 23.0 Å². The quantitative estimate of drug-likeness (QED) is 0.818. The first-order valence-electron chi connectivity index (χ1n) is 7.30. The lowest BCUT2D eigenvalue weighted by molar-refractivity contribution is -0.131. The number of carbonyl (C=O) groups is 2. The Bertz CT molecular complexity index is 573. The van der Waals surface area contributed by atoms with Crippen molar-refractivity contribution >= 4 is 18.0 Å². The lowest BCUT2D eigenvalue weighted by atomic mass is 9.80. The third kappa shape index (κ3) is 3.94. The van der Waals surface area contributed by atoms with Crippen LogP contribution in [0.5, 0.6) is 0 Å². The third-order valence-corrected chi connectivity index (χ3v) is 4.14. The smallest absolute Gasteiger partial charge is 0.328 e. The summed E-state index contributed by atoms with van der Waals surface area (Å²) in [5.41, 5.74) is 2.21. The second-order valence-electron chi connectivity index (χ2n) is 5.70. The van der Waals surface area contributed by atoms with E-state index in [0.717, 1.165) is 11.6 Å². The van der Waals surface area contributed by atoms with Crippen molar-refractivity contribution in [3.05, 3.63) is 41.0 Å². The molecule has 1 amide bonds. The largest absolute Gasteiger partial charge is 0.478 e. The molecule has 0 radical (unpaired) electrons. The topological polar surface area (TPSA) is 66.4 Å². The maximum Gasteiger partial charge on any atom is 0.328 e. The van der Waals surface area contributed by atoms with E-state index in [2.05, 4.69) is 5.32 Å². The molecule has 2 N–H and O–H groups in total. The molecule has 1 aromatic rings. The lowest BCUT2D eigenvalue weighted by Crippen LogP contribution is -2.40. The van der Waals surface area contributed by atoms with Crippen molar-refractivity contribution < 1.29 is 14.7 Å². The average molecular weight is 287 g/mol. The van der Waals surface area contributed by atoms with E-state index in [1.165, 1.54) is 25.3 Å². The van der Waals surface area contributed by atoms with Crippen LogP contribution in [0.15, 0.2) is 24.3 Å². The summed E-state index contributed by atoms with van der Waals surface area (Å²) < 4.78 is 0. The Morgan fingerprint density at radius 1 is 1.38 bits per heavy atom. The van der Waals surface area contributed by atoms with E-state index < -0.39 is 5.97 Å². The van der Waals surface area contributed by atoms with Gasteiger partial charge in [-0.15, -0.1) is 0 Å². The number of hydrogen-bond donors (Lipinski definition) is 2. The van der Waals surface area contributed by atoms with E-state index in [4.69, 9.17) is 5.11 Å². The van der Waals surface area contributed by atoms with E-state index in [1.54, 1.807) is 12.1 Å². The molecule has 112 valence electrons. The minimum Gasteiger partial charge on any atom is -0.478 e. The molecule has 0 bridgehead atoms. The first kappa shape index (κ1) is 15.3. The fraction of sp³-hybridized carbons (Fsp3) is 0.412. The van der Waals surface area contributed by atoms with Gasteiger partial charge in [-0.3, -0.25) is 4.79 Å². The van der Waals surface area contributed by atoms with Crippen LogP contribution < -0.4 is 5.32 Å². The molecule has 1 aliphatic rings. The minimum atomic E-state index is -1.000. The molecule has 1 fully saturated rings. The van der Waals surface area contributed by atoms with Crippen LogP contribution in [0.4, 0.5) is 0 Å². The number of amides is 1. The molecule has 1 aliphatic carbocycles. The van der Waals surface area contributed by atoms with Crippen molar-refractivity contribution in [1.29, 1.82) is 0 Å². The highest BCUT2D eigenvalue weighted by Gasteiger charge is 2.25. The number of nitrogens with one attached hydrogen (secondary N) is 1. The van der Waals surface area contributed by atoms with Crippen molar-refractivity contribution in [2.75, 3.05) is 0 Å². The van der Waals surface area contributed by atoms with Gasteiger partial charge in [-0.1, -0.05) is 18.6 Å². The van der Waals surface area contributed by atoms with E-state index in [-0.39, 0.29) is 11.9 Å². The van der Waals surface area contributed by atoms with Gasteiger partial charge in [0.2, 0.25) is 0 Å². The highest BCUT2D eigenvalue weighted by Crippen LogP contribution is 2.29. The summed E-state index contributed by atoms with van der Waals surface area (Å²) in [6.07, 6.45) is 6.18. The van der Waals surface area contributed by atoms with Gasteiger partial charge in [0.1, 0.15) is 0 Å². The number of hydrogen-bond acceptors (Lipinski definition) is 2. The summed E-state index contributed by atoms with van der Waals surface area (Å²) in [4.78, 5) is 22.9. The first-order chi connectivity index (χ1) is 9.97. The van der Waals surface area contributed by atoms with Crippen molar-refractivity contribution in [2.45, 2.75) is 39.2 Å². The molecule has 1 atom stereocenters. The summed E-state index contributed by atoms with van der Waals surface area (Å²) >= 11 is 0. The van der Waals surface area contributed by atoms with E-state index >= 15 is 0 Å². The van der Waals surface area contributed by atoms with Crippen LogP contribution in [0.25, 0.3) is 6.08 Å². The number of rotatable bonds is 5. The standard InChI is InChI=1S/C17H21NO3/c1-11-6-7-13(8-9-16(19)20)10-15(11)17(21)18-12(2)14-4-3-5-14/h6-10,12,14H,3-5H2,1-2H3,(H,18,21)(H,19,20)/b9-8+. The Morgan fingerprint density at radius 2 is 2.10 bits per heavy atom. The highest BCUT2D eigenvalue weighted by atomic mass is 16.4. The van der Waals surface area contributed by atoms with E-state index in [9.17, 15) is 9.59 Å². The molecule has 0 aliphatic heterocycles.